The van der Waals surface area contributed by atoms with E-state index in [1.165, 1.54) is 11.8 Å². The zero-order chi connectivity index (χ0) is 22.7. The molecule has 168 valence electrons. The van der Waals surface area contributed by atoms with Crippen LogP contribution in [0, 0.1) is 5.92 Å². The average molecular weight is 479 g/mol. The Morgan fingerprint density at radius 3 is 2.61 bits per heavy atom. The largest absolute Gasteiger partial charge is 0.445 e. The zero-order valence-electron chi connectivity index (χ0n) is 17.7. The fourth-order valence-electron chi connectivity index (χ4n) is 4.14. The number of aromatic nitrogens is 1. The van der Waals surface area contributed by atoms with Crippen molar-refractivity contribution in [2.75, 3.05) is 19.6 Å². The van der Waals surface area contributed by atoms with Crippen molar-refractivity contribution in [3.8, 4) is 0 Å². The number of thiazole rings is 1. The number of nitrogens with zero attached hydrogens (tertiary/aromatic N) is 3. The van der Waals surface area contributed by atoms with Crippen LogP contribution in [0.15, 0.2) is 77.4 Å². The lowest BCUT2D eigenvalue weighted by Crippen LogP contribution is -2.42. The second-order valence-corrected chi connectivity index (χ2v) is 10.1. The van der Waals surface area contributed by atoms with Crippen molar-refractivity contribution in [1.82, 2.24) is 15.2 Å². The van der Waals surface area contributed by atoms with Gasteiger partial charge in [0, 0.05) is 42.2 Å². The highest BCUT2D eigenvalue weighted by molar-refractivity contribution is 8.14. The maximum absolute atomic E-state index is 12.9. The van der Waals surface area contributed by atoms with E-state index in [0.717, 1.165) is 10.4 Å². The van der Waals surface area contributed by atoms with Gasteiger partial charge in [-0.05, 0) is 17.7 Å². The minimum Gasteiger partial charge on any atom is -0.445 e. The topological polar surface area (TPSA) is 83.9 Å². The van der Waals surface area contributed by atoms with Crippen molar-refractivity contribution in [1.29, 1.82) is 0 Å². The van der Waals surface area contributed by atoms with Gasteiger partial charge in [-0.3, -0.25) is 14.8 Å². The highest BCUT2D eigenvalue weighted by atomic mass is 32.2. The summed E-state index contributed by atoms with van der Waals surface area (Å²) in [4.78, 5) is 37.3. The number of aliphatic imine (C=N–C) groups is 1. The summed E-state index contributed by atoms with van der Waals surface area (Å²) in [5.74, 6) is -0.0959. The van der Waals surface area contributed by atoms with E-state index in [2.05, 4.69) is 15.3 Å². The molecule has 0 saturated carbocycles. The molecule has 2 amide bonds. The van der Waals surface area contributed by atoms with E-state index in [-0.39, 0.29) is 24.5 Å². The molecule has 0 spiro atoms. The van der Waals surface area contributed by atoms with Gasteiger partial charge in [-0.1, -0.05) is 60.3 Å². The minimum absolute atomic E-state index is 0.101. The van der Waals surface area contributed by atoms with Gasteiger partial charge in [0.25, 0.3) is 5.91 Å². The summed E-state index contributed by atoms with van der Waals surface area (Å²) in [5, 5.41) is 3.51. The zero-order valence-corrected chi connectivity index (χ0v) is 19.3. The minimum atomic E-state index is -0.423. The molecular formula is C24H22N4O3S2. The van der Waals surface area contributed by atoms with Crippen LogP contribution in [0.1, 0.15) is 20.8 Å². The van der Waals surface area contributed by atoms with Crippen LogP contribution in [0.4, 0.5) is 4.79 Å². The second-order valence-electron chi connectivity index (χ2n) is 7.94. The molecule has 2 aromatic carbocycles. The van der Waals surface area contributed by atoms with Crippen LogP contribution in [0.2, 0.25) is 0 Å². The Morgan fingerprint density at radius 1 is 1.12 bits per heavy atom. The number of amides is 2. The van der Waals surface area contributed by atoms with Crippen molar-refractivity contribution in [2.45, 2.75) is 11.4 Å². The summed E-state index contributed by atoms with van der Waals surface area (Å²) < 4.78 is 5.17. The van der Waals surface area contributed by atoms with Gasteiger partial charge in [0.1, 0.15) is 6.61 Å². The highest BCUT2D eigenvalue weighted by Gasteiger charge is 2.53. The van der Waals surface area contributed by atoms with E-state index < -0.39 is 4.75 Å². The standard InChI is InChI=1S/C24H22N4O3S2/c29-21(18-9-5-2-6-10-18)27-22-26-11-19-13-28(15-24(19,33-22)20-12-25-16-32-20)23(30)31-14-17-7-3-1-4-8-17/h1-10,12,16,19H,11,13-15H2,(H,26,27,29). The summed E-state index contributed by atoms with van der Waals surface area (Å²) in [5.41, 5.74) is 3.32. The Labute approximate surface area is 199 Å². The number of carbonyl (C=O) groups excluding carboxylic acids is 2. The number of thioether (sulfide) groups is 1. The number of hydrogen-bond acceptors (Lipinski definition) is 7. The molecule has 2 unspecified atom stereocenters. The first-order valence-electron chi connectivity index (χ1n) is 10.6. The maximum atomic E-state index is 12.9. The summed E-state index contributed by atoms with van der Waals surface area (Å²) in [6.07, 6.45) is 1.51. The molecule has 3 aromatic rings. The van der Waals surface area contributed by atoms with Crippen LogP contribution < -0.4 is 5.32 Å². The molecule has 1 N–H and O–H groups in total. The van der Waals surface area contributed by atoms with E-state index in [1.54, 1.807) is 33.9 Å². The molecule has 9 heteroatoms. The maximum Gasteiger partial charge on any atom is 0.410 e. The van der Waals surface area contributed by atoms with Crippen molar-refractivity contribution in [3.63, 3.8) is 0 Å². The van der Waals surface area contributed by atoms with Gasteiger partial charge in [-0.25, -0.2) is 4.79 Å². The number of nitrogens with one attached hydrogen (secondary N) is 1. The predicted octanol–water partition coefficient (Wildman–Crippen LogP) is 4.14. The quantitative estimate of drug-likeness (QED) is 0.609. The van der Waals surface area contributed by atoms with Gasteiger partial charge in [0.15, 0.2) is 5.17 Å². The van der Waals surface area contributed by atoms with E-state index in [1.807, 2.05) is 54.7 Å². The normalized spacial score (nSPS) is 21.8. The van der Waals surface area contributed by atoms with E-state index in [4.69, 9.17) is 4.74 Å². The molecule has 33 heavy (non-hydrogen) atoms. The SMILES string of the molecule is O=C(NC1=NCC2CN(C(=O)OCc3ccccc3)CC2(c2cncs2)S1)c1ccccc1. The Balaban J connectivity index is 1.31. The number of likely N-dealkylation sites (tertiary alicyclic amines) is 1. The van der Waals surface area contributed by atoms with Crippen LogP contribution in [0.3, 0.4) is 0 Å². The predicted molar refractivity (Wildman–Crippen MR) is 129 cm³/mol. The summed E-state index contributed by atoms with van der Waals surface area (Å²) in [7, 11) is 0. The fourth-order valence-corrected chi connectivity index (χ4v) is 6.51. The van der Waals surface area contributed by atoms with E-state index >= 15 is 0 Å². The van der Waals surface area contributed by atoms with Crippen molar-refractivity contribution in [3.05, 3.63) is 88.4 Å². The van der Waals surface area contributed by atoms with Crippen molar-refractivity contribution in [2.24, 2.45) is 10.9 Å². The Morgan fingerprint density at radius 2 is 1.88 bits per heavy atom. The van der Waals surface area contributed by atoms with Gasteiger partial charge < -0.3 is 15.0 Å². The lowest BCUT2D eigenvalue weighted by molar-refractivity contribution is 0.0976. The molecule has 0 radical (unpaired) electrons. The fraction of sp³-hybridized carbons (Fsp3) is 0.250. The third-order valence-corrected chi connectivity index (χ3v) is 8.38. The highest BCUT2D eigenvalue weighted by Crippen LogP contribution is 2.52. The molecule has 5 rings (SSSR count). The average Bonchev–Trinajstić information content (AvgIpc) is 3.53. The Kier molecular flexibility index (Phi) is 6.15. The molecule has 1 saturated heterocycles. The molecule has 1 aromatic heterocycles. The first-order valence-corrected chi connectivity index (χ1v) is 12.3. The number of ether oxygens (including phenoxy) is 1. The Bertz CT molecular complexity index is 1150. The van der Waals surface area contributed by atoms with Crippen molar-refractivity contribution >= 4 is 40.3 Å². The van der Waals surface area contributed by atoms with Crippen LogP contribution in [-0.2, 0) is 16.1 Å². The summed E-state index contributed by atoms with van der Waals surface area (Å²) in [6.45, 7) is 1.76. The summed E-state index contributed by atoms with van der Waals surface area (Å²) in [6, 6.07) is 18.7. The number of benzene rings is 2. The monoisotopic (exact) mass is 478 g/mol. The van der Waals surface area contributed by atoms with Gasteiger partial charge in [-0.15, -0.1) is 11.3 Å². The van der Waals surface area contributed by atoms with Crippen LogP contribution in [0.5, 0.6) is 0 Å². The molecule has 2 aliphatic heterocycles. The number of carbonyl (C=O) groups is 2. The molecule has 2 atom stereocenters. The van der Waals surface area contributed by atoms with Gasteiger partial charge >= 0.3 is 6.09 Å². The van der Waals surface area contributed by atoms with E-state index in [9.17, 15) is 9.59 Å². The lowest BCUT2D eigenvalue weighted by Gasteiger charge is -2.35. The molecular weight excluding hydrogens is 456 g/mol. The molecule has 7 nitrogen and oxygen atoms in total. The van der Waals surface area contributed by atoms with Gasteiger partial charge in [-0.2, -0.15) is 0 Å². The van der Waals surface area contributed by atoms with Crippen LogP contribution >= 0.6 is 23.1 Å². The number of hydrogen-bond donors (Lipinski definition) is 1. The smallest absolute Gasteiger partial charge is 0.410 e. The third-order valence-electron chi connectivity index (χ3n) is 5.83. The van der Waals surface area contributed by atoms with Crippen molar-refractivity contribution < 1.29 is 14.3 Å². The molecule has 1 fully saturated rings. The van der Waals surface area contributed by atoms with E-state index in [0.29, 0.717) is 30.4 Å². The Hall–Kier alpha value is -3.17. The van der Waals surface area contributed by atoms with Gasteiger partial charge in [0.2, 0.25) is 0 Å². The molecule has 2 aliphatic rings. The van der Waals surface area contributed by atoms with Crippen LogP contribution in [-0.4, -0.2) is 46.7 Å². The summed E-state index contributed by atoms with van der Waals surface area (Å²) >= 11 is 3.06. The first-order chi connectivity index (χ1) is 16.1. The molecule has 3 heterocycles. The number of amidine groups is 1. The number of rotatable bonds is 4. The second kappa shape index (κ2) is 9.36. The molecule has 0 bridgehead atoms. The lowest BCUT2D eigenvalue weighted by atomic mass is 9.93. The van der Waals surface area contributed by atoms with Gasteiger partial charge in [0.05, 0.1) is 10.3 Å². The van der Waals surface area contributed by atoms with Crippen LogP contribution in [0.25, 0.3) is 0 Å². The number of fused-ring (bicyclic) bond motifs is 1. The third kappa shape index (κ3) is 4.51. The first kappa shape index (κ1) is 21.7. The molecule has 0 aliphatic carbocycles.